The summed E-state index contributed by atoms with van der Waals surface area (Å²) < 4.78 is 52.8. The van der Waals surface area contributed by atoms with E-state index in [-0.39, 0.29) is 46.9 Å². The summed E-state index contributed by atoms with van der Waals surface area (Å²) in [6, 6.07) is 10.3. The highest BCUT2D eigenvalue weighted by Crippen LogP contribution is 2.48. The molecule has 4 N–H and O–H groups in total. The smallest absolute Gasteiger partial charge is 0.416 e. The number of amides is 5. The molecule has 0 radical (unpaired) electrons. The van der Waals surface area contributed by atoms with E-state index in [9.17, 15) is 37.1 Å². The second kappa shape index (κ2) is 16.1. The average Bonchev–Trinajstić information content (AvgIpc) is 3.95. The van der Waals surface area contributed by atoms with Gasteiger partial charge in [-0.25, -0.2) is 9.97 Å². The van der Waals surface area contributed by atoms with Gasteiger partial charge in [-0.3, -0.25) is 34.2 Å². The number of benzene rings is 3. The van der Waals surface area contributed by atoms with Gasteiger partial charge in [0.05, 0.1) is 47.7 Å². The maximum atomic E-state index is 13.9. The van der Waals surface area contributed by atoms with Crippen molar-refractivity contribution in [3.8, 4) is 11.5 Å². The van der Waals surface area contributed by atoms with Crippen LogP contribution in [0.25, 0.3) is 10.9 Å². The Labute approximate surface area is 355 Å². The largest absolute Gasteiger partial charge is 0.493 e. The predicted octanol–water partition coefficient (Wildman–Crippen LogP) is 5.66. The van der Waals surface area contributed by atoms with Gasteiger partial charge < -0.3 is 30.3 Å². The summed E-state index contributed by atoms with van der Waals surface area (Å²) in [5, 5.41) is 6.04. The van der Waals surface area contributed by atoms with Crippen molar-refractivity contribution in [2.45, 2.75) is 70.6 Å². The number of nitrogens with zero attached hydrogens (tertiary/aromatic N) is 5. The van der Waals surface area contributed by atoms with Gasteiger partial charge in [-0.05, 0) is 87.9 Å². The maximum Gasteiger partial charge on any atom is 0.416 e. The number of aryl methyl sites for hydroxylation is 1. The summed E-state index contributed by atoms with van der Waals surface area (Å²) in [5.74, 6) is -0.796. The van der Waals surface area contributed by atoms with Crippen molar-refractivity contribution in [2.24, 2.45) is 11.3 Å². The first-order valence-corrected chi connectivity index (χ1v) is 20.5. The Morgan fingerprint density at radius 1 is 1.03 bits per heavy atom. The van der Waals surface area contributed by atoms with Crippen LogP contribution in [0, 0.1) is 18.3 Å². The Hall–Kier alpha value is -6.46. The third kappa shape index (κ3) is 8.16. The molecule has 1 saturated carbocycles. The van der Waals surface area contributed by atoms with Crippen LogP contribution in [0.2, 0.25) is 0 Å². The Morgan fingerprint density at radius 3 is 2.45 bits per heavy atom. The van der Waals surface area contributed by atoms with Gasteiger partial charge in [-0.1, -0.05) is 6.07 Å². The van der Waals surface area contributed by atoms with Crippen LogP contribution in [-0.2, 0) is 20.6 Å². The second-order valence-corrected chi connectivity index (χ2v) is 16.8. The fourth-order valence-corrected chi connectivity index (χ4v) is 8.79. The van der Waals surface area contributed by atoms with Crippen molar-refractivity contribution < 1.29 is 46.6 Å². The Morgan fingerprint density at radius 2 is 1.77 bits per heavy atom. The molecular weight excluding hydrogens is 810 g/mol. The number of hydrogen-bond acceptors (Lipinski definition) is 12. The molecule has 0 spiro atoms. The summed E-state index contributed by atoms with van der Waals surface area (Å²) in [4.78, 5) is 79.1. The molecule has 0 bridgehead atoms. The number of nitrogens with two attached hydrogens (primary N) is 1. The zero-order chi connectivity index (χ0) is 44.2. The number of fused-ring (bicyclic) bond motifs is 2. The van der Waals surface area contributed by atoms with Crippen molar-refractivity contribution in [3.63, 3.8) is 0 Å². The van der Waals surface area contributed by atoms with Crippen LogP contribution in [0.15, 0.2) is 48.5 Å². The molecule has 3 fully saturated rings. The first-order chi connectivity index (χ1) is 29.4. The van der Waals surface area contributed by atoms with Gasteiger partial charge in [0.2, 0.25) is 17.7 Å². The van der Waals surface area contributed by atoms with E-state index < -0.39 is 47.5 Å². The van der Waals surface area contributed by atoms with E-state index in [1.54, 1.807) is 56.1 Å². The van der Waals surface area contributed by atoms with E-state index >= 15 is 0 Å². The molecule has 2 atom stereocenters. The first kappa shape index (κ1) is 42.2. The number of rotatable bonds is 12. The van der Waals surface area contributed by atoms with Gasteiger partial charge in [0.15, 0.2) is 11.5 Å². The number of alkyl halides is 3. The Balaban J connectivity index is 0.908. The fourth-order valence-electron chi connectivity index (χ4n) is 8.79. The first-order valence-electron chi connectivity index (χ1n) is 20.5. The zero-order valence-corrected chi connectivity index (χ0v) is 34.7. The van der Waals surface area contributed by atoms with Crippen LogP contribution in [0.1, 0.15) is 89.2 Å². The third-order valence-corrected chi connectivity index (χ3v) is 12.3. The molecule has 8 rings (SSSR count). The summed E-state index contributed by atoms with van der Waals surface area (Å²) in [6.45, 7) is 5.15. The van der Waals surface area contributed by atoms with Gasteiger partial charge in [-0.2, -0.15) is 13.2 Å². The number of aromatic nitrogens is 2. The summed E-state index contributed by atoms with van der Waals surface area (Å²) in [5.41, 5.74) is 6.60. The van der Waals surface area contributed by atoms with Gasteiger partial charge in [0.25, 0.3) is 11.8 Å². The number of piperidine rings is 2. The highest BCUT2D eigenvalue weighted by molar-refractivity contribution is 6.25. The summed E-state index contributed by atoms with van der Waals surface area (Å²) in [7, 11) is 3.31. The molecule has 5 amide bonds. The van der Waals surface area contributed by atoms with Gasteiger partial charge >= 0.3 is 6.18 Å². The van der Waals surface area contributed by atoms with Gasteiger partial charge in [0, 0.05) is 61.6 Å². The molecule has 326 valence electrons. The number of nitrogen functional groups attached to an aromatic ring is 1. The van der Waals surface area contributed by atoms with Crippen LogP contribution in [-0.4, -0.2) is 95.7 Å². The van der Waals surface area contributed by atoms with E-state index in [1.165, 1.54) is 13.2 Å². The monoisotopic (exact) mass is 856 g/mol. The van der Waals surface area contributed by atoms with Crippen molar-refractivity contribution in [3.05, 3.63) is 76.6 Å². The van der Waals surface area contributed by atoms with Crippen LogP contribution in [0.4, 0.5) is 30.4 Å². The molecule has 62 heavy (non-hydrogen) atoms. The SMILES string of the molecule is COc1cc2nc(C)nc(N[C@H](C)c3cc(N)cc(C(F)(F)F)c3)c2cc1OCC1(CN(C)C(=O)C2CCN(c3cccc4c3C(=O)N(C3CCC(=O)NC3=O)C4=O)CC2)CC1. The van der Waals surface area contributed by atoms with Gasteiger partial charge in [0.1, 0.15) is 17.7 Å². The van der Waals surface area contributed by atoms with Crippen molar-refractivity contribution >= 4 is 57.6 Å². The minimum atomic E-state index is -4.56. The number of anilines is 3. The maximum absolute atomic E-state index is 13.9. The van der Waals surface area contributed by atoms with Crippen LogP contribution in [0.3, 0.4) is 0 Å². The Kier molecular flexibility index (Phi) is 11.0. The molecule has 18 heteroatoms. The Bertz CT molecular complexity index is 2500. The minimum Gasteiger partial charge on any atom is -0.493 e. The number of imide groups is 2. The van der Waals surface area contributed by atoms with Crippen LogP contribution >= 0.6 is 0 Å². The lowest BCUT2D eigenvalue weighted by molar-refractivity contribution is -0.138. The van der Waals surface area contributed by atoms with E-state index in [4.69, 9.17) is 15.2 Å². The van der Waals surface area contributed by atoms with Gasteiger partial charge in [-0.15, -0.1) is 0 Å². The number of nitrogens with one attached hydrogen (secondary N) is 2. The molecule has 1 unspecified atom stereocenters. The number of carbonyl (C=O) groups is 5. The lowest BCUT2D eigenvalue weighted by atomic mass is 9.93. The topological polar surface area (TPSA) is 189 Å². The number of ether oxygens (including phenoxy) is 2. The van der Waals surface area contributed by atoms with Crippen molar-refractivity contribution in [1.82, 2.24) is 25.1 Å². The molecule has 1 aliphatic carbocycles. The van der Waals surface area contributed by atoms with E-state index in [1.807, 2.05) is 4.90 Å². The number of halogens is 3. The van der Waals surface area contributed by atoms with Crippen molar-refractivity contribution in [1.29, 1.82) is 0 Å². The predicted molar refractivity (Wildman–Crippen MR) is 222 cm³/mol. The molecule has 3 aliphatic heterocycles. The third-order valence-electron chi connectivity index (χ3n) is 12.3. The molecule has 3 aromatic carbocycles. The van der Waals surface area contributed by atoms with Crippen LogP contribution < -0.4 is 30.7 Å². The second-order valence-electron chi connectivity index (χ2n) is 16.8. The molecule has 2 saturated heterocycles. The molecule has 4 aliphatic rings. The van der Waals surface area contributed by atoms with E-state index in [0.717, 1.165) is 29.9 Å². The molecule has 4 heterocycles. The summed E-state index contributed by atoms with van der Waals surface area (Å²) in [6.07, 6.45) is -1.72. The molecule has 15 nitrogen and oxygen atoms in total. The fraction of sp³-hybridized carbons (Fsp3) is 0.432. The highest BCUT2D eigenvalue weighted by Gasteiger charge is 2.48. The number of hydrogen-bond donors (Lipinski definition) is 3. The summed E-state index contributed by atoms with van der Waals surface area (Å²) >= 11 is 0. The normalized spacial score (nSPS) is 19.3. The number of methoxy groups -OCH3 is 1. The molecular formula is C44H47F3N8O7. The molecule has 4 aromatic rings. The lowest BCUT2D eigenvalue weighted by Gasteiger charge is -2.36. The minimum absolute atomic E-state index is 0.00710. The van der Waals surface area contributed by atoms with Crippen LogP contribution in [0.5, 0.6) is 11.5 Å². The average molecular weight is 857 g/mol. The zero-order valence-electron chi connectivity index (χ0n) is 34.7. The van der Waals surface area contributed by atoms with E-state index in [0.29, 0.717) is 84.4 Å². The van der Waals surface area contributed by atoms with E-state index in [2.05, 4.69) is 20.6 Å². The molecule has 1 aromatic heterocycles. The highest BCUT2D eigenvalue weighted by atomic mass is 19.4. The number of carbonyl (C=O) groups excluding carboxylic acids is 5. The van der Waals surface area contributed by atoms with Crippen molar-refractivity contribution in [2.75, 3.05) is 56.3 Å². The quantitative estimate of drug-likeness (QED) is 0.117. The lowest BCUT2D eigenvalue weighted by Crippen LogP contribution is -2.54. The standard InChI is InChI=1S/C44H47F3N8O7/c1-23(26-16-27(44(45,46)47)18-28(48)17-26)49-38-30-19-35(34(61-4)20-31(30)50-24(2)51-38)62-22-43(12-13-43)21-53(3)40(58)25-10-14-54(15-11-25)32-7-5-6-29-37(32)42(60)55(41(29)59)33-8-9-36(56)52-39(33)57/h5-7,16-20,23,25,33H,8-15,21-22,48H2,1-4H3,(H,49,50,51)(H,52,56,57)/t23-,33?/m1/s1.